The second-order valence-electron chi connectivity index (χ2n) is 6.87. The number of aromatic carboxylic acids is 1. The van der Waals surface area contributed by atoms with Gasteiger partial charge in [-0.1, -0.05) is 65.7 Å². The number of carbonyl (C=O) groups is 2. The van der Waals surface area contributed by atoms with E-state index >= 15 is 0 Å². The number of carbonyl (C=O) groups excluding carboxylic acids is 1. The van der Waals surface area contributed by atoms with Crippen LogP contribution in [0.4, 0.5) is 0 Å². The largest absolute Gasteiger partial charge is 0.478 e. The van der Waals surface area contributed by atoms with Crippen LogP contribution in [0.3, 0.4) is 0 Å². The Bertz CT molecular complexity index is 1310. The van der Waals surface area contributed by atoms with E-state index in [0.717, 1.165) is 16.8 Å². The third-order valence-corrected chi connectivity index (χ3v) is 6.45. The van der Waals surface area contributed by atoms with Crippen LogP contribution in [0.1, 0.15) is 27.6 Å². The Morgan fingerprint density at radius 1 is 0.871 bits per heavy atom. The second kappa shape index (κ2) is 8.63. The van der Waals surface area contributed by atoms with E-state index < -0.39 is 5.97 Å². The summed E-state index contributed by atoms with van der Waals surface area (Å²) in [4.78, 5) is 28.1. The Balaban J connectivity index is 1.71. The monoisotopic (exact) mass is 467 g/mol. The normalized spacial score (nSPS) is 10.8. The fourth-order valence-corrected chi connectivity index (χ4v) is 4.31. The highest BCUT2D eigenvalue weighted by molar-refractivity contribution is 7.13. The smallest absolute Gasteiger partial charge is 0.336 e. The summed E-state index contributed by atoms with van der Waals surface area (Å²) in [5.41, 5.74) is 4.32. The number of ketones is 1. The number of halogens is 2. The van der Waals surface area contributed by atoms with E-state index in [1.54, 1.807) is 48.5 Å². The van der Waals surface area contributed by atoms with Crippen molar-refractivity contribution < 1.29 is 14.7 Å². The molecule has 0 aliphatic carbocycles. The number of thiazole rings is 1. The molecule has 0 fully saturated rings. The molecule has 1 aromatic heterocycles. The molecule has 1 N–H and O–H groups in total. The van der Waals surface area contributed by atoms with Crippen molar-refractivity contribution >= 4 is 46.3 Å². The quantitative estimate of drug-likeness (QED) is 0.311. The summed E-state index contributed by atoms with van der Waals surface area (Å²) in [6.45, 7) is 1.49. The summed E-state index contributed by atoms with van der Waals surface area (Å²) in [7, 11) is 0. The topological polar surface area (TPSA) is 67.3 Å². The van der Waals surface area contributed by atoms with Gasteiger partial charge < -0.3 is 5.11 Å². The Kier molecular flexibility index (Phi) is 5.92. The lowest BCUT2D eigenvalue weighted by Gasteiger charge is -2.09. The van der Waals surface area contributed by atoms with Gasteiger partial charge in [-0.2, -0.15) is 0 Å². The molecule has 4 nitrogen and oxygen atoms in total. The van der Waals surface area contributed by atoms with E-state index in [9.17, 15) is 14.7 Å². The van der Waals surface area contributed by atoms with Crippen LogP contribution in [0.5, 0.6) is 0 Å². The van der Waals surface area contributed by atoms with Gasteiger partial charge in [-0.25, -0.2) is 9.78 Å². The van der Waals surface area contributed by atoms with Gasteiger partial charge in [0.25, 0.3) is 0 Å². The molecule has 0 radical (unpaired) electrons. The second-order valence-corrected chi connectivity index (χ2v) is 8.54. The van der Waals surface area contributed by atoms with Crippen LogP contribution in [0, 0.1) is 0 Å². The summed E-state index contributed by atoms with van der Waals surface area (Å²) in [5.74, 6) is -1.07. The van der Waals surface area contributed by atoms with E-state index in [0.29, 0.717) is 31.7 Å². The number of Topliss-reactive ketones (excluding diaryl/α,β-unsaturated/α-hetero) is 1. The van der Waals surface area contributed by atoms with Crippen molar-refractivity contribution in [2.75, 3.05) is 0 Å². The molecule has 4 rings (SSSR count). The minimum atomic E-state index is -1.03. The number of hydrogen-bond donors (Lipinski definition) is 1. The first kappa shape index (κ1) is 21.2. The molecule has 0 saturated carbocycles. The summed E-state index contributed by atoms with van der Waals surface area (Å²) in [5, 5.41) is 13.3. The van der Waals surface area contributed by atoms with Crippen molar-refractivity contribution in [3.63, 3.8) is 0 Å². The first-order chi connectivity index (χ1) is 14.8. The number of nitrogens with zero attached hydrogens (tertiary/aromatic N) is 1. The fraction of sp³-hybridized carbons (Fsp3) is 0.0417. The SMILES string of the molecule is CC(=O)c1ccc(-c2ccc(-c3nc(-c4ccc(Cl)c(Cl)c4)cs3)cc2C(=O)O)cc1. The van der Waals surface area contributed by atoms with E-state index in [1.165, 1.54) is 18.3 Å². The third-order valence-electron chi connectivity index (χ3n) is 4.82. The molecule has 0 unspecified atom stereocenters. The van der Waals surface area contributed by atoms with Crippen LogP contribution in [-0.2, 0) is 0 Å². The molecule has 7 heteroatoms. The first-order valence-electron chi connectivity index (χ1n) is 9.23. The van der Waals surface area contributed by atoms with Crippen LogP contribution >= 0.6 is 34.5 Å². The Morgan fingerprint density at radius 3 is 2.19 bits per heavy atom. The van der Waals surface area contributed by atoms with Crippen molar-refractivity contribution in [2.24, 2.45) is 0 Å². The predicted molar refractivity (Wildman–Crippen MR) is 125 cm³/mol. The maximum absolute atomic E-state index is 12.0. The van der Waals surface area contributed by atoms with Crippen LogP contribution < -0.4 is 0 Å². The van der Waals surface area contributed by atoms with Gasteiger partial charge in [0.1, 0.15) is 5.01 Å². The lowest BCUT2D eigenvalue weighted by atomic mass is 9.96. The average molecular weight is 468 g/mol. The lowest BCUT2D eigenvalue weighted by Crippen LogP contribution is -2.00. The van der Waals surface area contributed by atoms with Gasteiger partial charge >= 0.3 is 5.97 Å². The predicted octanol–water partition coefficient (Wildman–Crippen LogP) is 7.35. The van der Waals surface area contributed by atoms with E-state index in [4.69, 9.17) is 23.2 Å². The van der Waals surface area contributed by atoms with Crippen molar-refractivity contribution in [3.8, 4) is 33.0 Å². The summed E-state index contributed by atoms with van der Waals surface area (Å²) >= 11 is 13.5. The Labute approximate surface area is 192 Å². The number of carboxylic acid groups (broad SMARTS) is 1. The Morgan fingerprint density at radius 2 is 1.55 bits per heavy atom. The van der Waals surface area contributed by atoms with Gasteiger partial charge in [-0.05, 0) is 36.2 Å². The van der Waals surface area contributed by atoms with Crippen molar-refractivity contribution in [2.45, 2.75) is 6.92 Å². The molecule has 4 aromatic rings. The standard InChI is InChI=1S/C24H15Cl2NO3S/c1-13(28)14-2-4-15(5-3-14)18-8-6-17(10-19(18)24(29)30)23-27-22(12-31-23)16-7-9-20(25)21(26)11-16/h2-12H,1H3,(H,29,30). The maximum atomic E-state index is 12.0. The maximum Gasteiger partial charge on any atom is 0.336 e. The molecular formula is C24H15Cl2NO3S. The van der Waals surface area contributed by atoms with Crippen molar-refractivity contribution in [1.82, 2.24) is 4.98 Å². The van der Waals surface area contributed by atoms with Gasteiger partial charge in [-0.3, -0.25) is 4.79 Å². The molecular weight excluding hydrogens is 453 g/mol. The molecule has 0 bridgehead atoms. The third kappa shape index (κ3) is 4.39. The van der Waals surface area contributed by atoms with Crippen LogP contribution in [-0.4, -0.2) is 21.8 Å². The molecule has 3 aromatic carbocycles. The molecule has 1 heterocycles. The lowest BCUT2D eigenvalue weighted by molar-refractivity contribution is 0.0697. The summed E-state index contributed by atoms with van der Waals surface area (Å²) in [6.07, 6.45) is 0. The minimum Gasteiger partial charge on any atom is -0.478 e. The van der Waals surface area contributed by atoms with Gasteiger partial charge in [-0.15, -0.1) is 11.3 Å². The Hall–Kier alpha value is -2.99. The van der Waals surface area contributed by atoms with E-state index in [2.05, 4.69) is 4.98 Å². The highest BCUT2D eigenvalue weighted by Gasteiger charge is 2.16. The van der Waals surface area contributed by atoms with Crippen LogP contribution in [0.15, 0.2) is 66.0 Å². The van der Waals surface area contributed by atoms with Crippen molar-refractivity contribution in [3.05, 3.63) is 87.2 Å². The zero-order chi connectivity index (χ0) is 22.1. The van der Waals surface area contributed by atoms with Gasteiger partial charge in [0, 0.05) is 22.1 Å². The highest BCUT2D eigenvalue weighted by Crippen LogP contribution is 2.34. The van der Waals surface area contributed by atoms with Crippen molar-refractivity contribution in [1.29, 1.82) is 0 Å². The van der Waals surface area contributed by atoms with E-state index in [1.807, 2.05) is 17.5 Å². The van der Waals surface area contributed by atoms with E-state index in [-0.39, 0.29) is 11.3 Å². The highest BCUT2D eigenvalue weighted by atomic mass is 35.5. The number of rotatable bonds is 5. The number of aromatic nitrogens is 1. The first-order valence-corrected chi connectivity index (χ1v) is 10.9. The molecule has 0 aliphatic heterocycles. The minimum absolute atomic E-state index is 0.0399. The van der Waals surface area contributed by atoms with Gasteiger partial charge in [0.15, 0.2) is 5.78 Å². The number of carboxylic acids is 1. The molecule has 31 heavy (non-hydrogen) atoms. The fourth-order valence-electron chi connectivity index (χ4n) is 3.18. The molecule has 0 spiro atoms. The zero-order valence-corrected chi connectivity index (χ0v) is 18.6. The molecule has 0 aliphatic rings. The molecule has 154 valence electrons. The number of hydrogen-bond acceptors (Lipinski definition) is 4. The number of benzene rings is 3. The molecule has 0 amide bonds. The molecule has 0 saturated heterocycles. The van der Waals surface area contributed by atoms with Gasteiger partial charge in [0.2, 0.25) is 0 Å². The average Bonchev–Trinajstić information content (AvgIpc) is 3.25. The molecule has 0 atom stereocenters. The van der Waals surface area contributed by atoms with Crippen LogP contribution in [0.25, 0.3) is 33.0 Å². The summed E-state index contributed by atoms with van der Waals surface area (Å²) < 4.78 is 0. The zero-order valence-electron chi connectivity index (χ0n) is 16.2. The summed E-state index contributed by atoms with van der Waals surface area (Å²) in [6, 6.07) is 17.4. The van der Waals surface area contributed by atoms with Crippen LogP contribution in [0.2, 0.25) is 10.0 Å². The van der Waals surface area contributed by atoms with Gasteiger partial charge in [0.05, 0.1) is 21.3 Å².